The molecule has 114 valence electrons. The zero-order valence-electron chi connectivity index (χ0n) is 11.8. The number of carbonyl (C=O) groups excluding carboxylic acids is 2. The van der Waals surface area contributed by atoms with Gasteiger partial charge in [-0.2, -0.15) is 0 Å². The lowest BCUT2D eigenvalue weighted by molar-refractivity contribution is -0.117. The number of nitrogens with two attached hydrogens (primary N) is 1. The molecule has 21 heavy (non-hydrogen) atoms. The molecule has 0 saturated heterocycles. The molecule has 0 spiro atoms. The highest BCUT2D eigenvalue weighted by Crippen LogP contribution is 2.18. The highest BCUT2D eigenvalue weighted by molar-refractivity contribution is 8.00. The minimum absolute atomic E-state index is 0.170. The molecule has 1 fully saturated rings. The van der Waals surface area contributed by atoms with Gasteiger partial charge in [-0.05, 0) is 25.0 Å². The molecule has 0 bridgehead atoms. The van der Waals surface area contributed by atoms with Crippen LogP contribution in [0.4, 0.5) is 10.6 Å². The van der Waals surface area contributed by atoms with Gasteiger partial charge in [0.2, 0.25) is 5.91 Å². The van der Waals surface area contributed by atoms with Crippen LogP contribution in [0.3, 0.4) is 0 Å². The van der Waals surface area contributed by atoms with Gasteiger partial charge >= 0.3 is 6.03 Å². The van der Waals surface area contributed by atoms with Crippen molar-refractivity contribution in [3.63, 3.8) is 0 Å². The number of hydrogen-bond donors (Lipinski definition) is 3. The Bertz CT molecular complexity index is 486. The van der Waals surface area contributed by atoms with Crippen molar-refractivity contribution in [1.29, 1.82) is 0 Å². The third kappa shape index (κ3) is 5.63. The quantitative estimate of drug-likeness (QED) is 0.738. The molecule has 1 aromatic heterocycles. The van der Waals surface area contributed by atoms with E-state index < -0.39 is 6.03 Å². The average molecular weight is 308 g/mol. The van der Waals surface area contributed by atoms with E-state index in [2.05, 4.69) is 15.6 Å². The standard InChI is InChI=1S/C14H20N4O2S/c15-12-7-6-11(8-16-12)21-9-13(19)18-14(20)17-10-4-2-1-3-5-10/h6-8,10H,1-5,9H2,(H2,15,16)(H2,17,18,19,20). The van der Waals surface area contributed by atoms with Crippen molar-refractivity contribution >= 4 is 29.5 Å². The molecule has 0 atom stereocenters. The number of amides is 3. The third-order valence-electron chi connectivity index (χ3n) is 3.32. The van der Waals surface area contributed by atoms with Gasteiger partial charge in [0.25, 0.3) is 0 Å². The summed E-state index contributed by atoms with van der Waals surface area (Å²) in [7, 11) is 0. The van der Waals surface area contributed by atoms with Crippen LogP contribution >= 0.6 is 11.8 Å². The maximum Gasteiger partial charge on any atom is 0.321 e. The molecule has 3 amide bonds. The van der Waals surface area contributed by atoms with Crippen molar-refractivity contribution in [3.8, 4) is 0 Å². The summed E-state index contributed by atoms with van der Waals surface area (Å²) < 4.78 is 0. The summed E-state index contributed by atoms with van der Waals surface area (Å²) in [5, 5.41) is 5.20. The Hall–Kier alpha value is -1.76. The Morgan fingerprint density at radius 2 is 2.05 bits per heavy atom. The molecule has 0 aromatic carbocycles. The molecular formula is C14H20N4O2S. The molecule has 0 unspecified atom stereocenters. The first kappa shape index (κ1) is 15.6. The lowest BCUT2D eigenvalue weighted by Gasteiger charge is -2.22. The van der Waals surface area contributed by atoms with E-state index in [1.54, 1.807) is 18.3 Å². The molecule has 1 aliphatic rings. The number of thioether (sulfide) groups is 1. The van der Waals surface area contributed by atoms with Crippen LogP contribution in [0.1, 0.15) is 32.1 Å². The minimum atomic E-state index is -0.400. The van der Waals surface area contributed by atoms with Crippen LogP contribution in [0, 0.1) is 0 Å². The van der Waals surface area contributed by atoms with Crippen molar-refractivity contribution in [2.24, 2.45) is 0 Å². The lowest BCUT2D eigenvalue weighted by atomic mass is 9.96. The summed E-state index contributed by atoms with van der Waals surface area (Å²) in [5.41, 5.74) is 5.48. The maximum absolute atomic E-state index is 11.7. The smallest absolute Gasteiger partial charge is 0.321 e. The summed E-state index contributed by atoms with van der Waals surface area (Å²) in [6.07, 6.45) is 7.10. The van der Waals surface area contributed by atoms with Crippen LogP contribution in [0.25, 0.3) is 0 Å². The summed E-state index contributed by atoms with van der Waals surface area (Å²) in [4.78, 5) is 28.2. The number of rotatable bonds is 4. The Morgan fingerprint density at radius 3 is 2.71 bits per heavy atom. The van der Waals surface area contributed by atoms with Gasteiger partial charge in [0, 0.05) is 17.1 Å². The van der Waals surface area contributed by atoms with E-state index in [-0.39, 0.29) is 17.7 Å². The van der Waals surface area contributed by atoms with Crippen LogP contribution in [-0.4, -0.2) is 28.7 Å². The molecule has 0 radical (unpaired) electrons. The summed E-state index contributed by atoms with van der Waals surface area (Å²) in [5.74, 6) is 0.296. The highest BCUT2D eigenvalue weighted by atomic mass is 32.2. The predicted octanol–water partition coefficient (Wildman–Crippen LogP) is 1.91. The SMILES string of the molecule is Nc1ccc(SCC(=O)NC(=O)NC2CCCCC2)cn1. The van der Waals surface area contributed by atoms with Gasteiger partial charge in [0.1, 0.15) is 5.82 Å². The van der Waals surface area contributed by atoms with Crippen molar-refractivity contribution in [3.05, 3.63) is 18.3 Å². The zero-order chi connectivity index (χ0) is 15.1. The Morgan fingerprint density at radius 1 is 1.29 bits per heavy atom. The highest BCUT2D eigenvalue weighted by Gasteiger charge is 2.16. The van der Waals surface area contributed by atoms with E-state index in [0.717, 1.165) is 30.6 Å². The van der Waals surface area contributed by atoms with Gasteiger partial charge in [-0.25, -0.2) is 9.78 Å². The minimum Gasteiger partial charge on any atom is -0.384 e. The Kier molecular flexibility index (Phi) is 5.86. The third-order valence-corrected chi connectivity index (χ3v) is 4.30. The maximum atomic E-state index is 11.7. The largest absolute Gasteiger partial charge is 0.384 e. The predicted molar refractivity (Wildman–Crippen MR) is 82.9 cm³/mol. The fraction of sp³-hybridized carbons (Fsp3) is 0.500. The molecule has 6 nitrogen and oxygen atoms in total. The molecule has 2 rings (SSSR count). The first-order valence-electron chi connectivity index (χ1n) is 7.08. The van der Waals surface area contributed by atoms with Gasteiger partial charge in [-0.3, -0.25) is 10.1 Å². The lowest BCUT2D eigenvalue weighted by Crippen LogP contribution is -2.45. The second kappa shape index (κ2) is 7.87. The van der Waals surface area contributed by atoms with E-state index >= 15 is 0 Å². The van der Waals surface area contributed by atoms with Crippen molar-refractivity contribution < 1.29 is 9.59 Å². The van der Waals surface area contributed by atoms with Gasteiger partial charge < -0.3 is 11.1 Å². The number of hydrogen-bond acceptors (Lipinski definition) is 5. The number of nitrogens with zero attached hydrogens (tertiary/aromatic N) is 1. The molecular weight excluding hydrogens is 288 g/mol. The van der Waals surface area contributed by atoms with E-state index in [0.29, 0.717) is 5.82 Å². The number of anilines is 1. The molecule has 7 heteroatoms. The molecule has 1 aromatic rings. The van der Waals surface area contributed by atoms with Crippen LogP contribution in [0.5, 0.6) is 0 Å². The molecule has 1 aliphatic carbocycles. The average Bonchev–Trinajstić information content (AvgIpc) is 2.47. The van der Waals surface area contributed by atoms with Crippen molar-refractivity contribution in [2.45, 2.75) is 43.0 Å². The molecule has 0 aliphatic heterocycles. The second-order valence-electron chi connectivity index (χ2n) is 5.06. The number of aromatic nitrogens is 1. The summed E-state index contributed by atoms with van der Waals surface area (Å²) in [6, 6.07) is 3.27. The number of nitrogen functional groups attached to an aromatic ring is 1. The van der Waals surface area contributed by atoms with E-state index in [1.807, 2.05) is 0 Å². The number of nitrogens with one attached hydrogen (secondary N) is 2. The Labute approximate surface area is 128 Å². The molecule has 4 N–H and O–H groups in total. The normalized spacial score (nSPS) is 15.4. The van der Waals surface area contributed by atoms with E-state index in [4.69, 9.17) is 5.73 Å². The fourth-order valence-electron chi connectivity index (χ4n) is 2.26. The second-order valence-corrected chi connectivity index (χ2v) is 6.11. The Balaban J connectivity index is 1.68. The van der Waals surface area contributed by atoms with Gasteiger partial charge in [-0.15, -0.1) is 11.8 Å². The van der Waals surface area contributed by atoms with Crippen LogP contribution in [-0.2, 0) is 4.79 Å². The van der Waals surface area contributed by atoms with Gasteiger partial charge in [-0.1, -0.05) is 19.3 Å². The van der Waals surface area contributed by atoms with Gasteiger partial charge in [0.15, 0.2) is 0 Å². The van der Waals surface area contributed by atoms with Crippen LogP contribution in [0.2, 0.25) is 0 Å². The first-order valence-corrected chi connectivity index (χ1v) is 8.07. The van der Waals surface area contributed by atoms with Crippen molar-refractivity contribution in [1.82, 2.24) is 15.6 Å². The van der Waals surface area contributed by atoms with Crippen LogP contribution in [0.15, 0.2) is 23.2 Å². The number of carbonyl (C=O) groups is 2. The number of imide groups is 1. The molecule has 1 saturated carbocycles. The van der Waals surface area contributed by atoms with E-state index in [1.165, 1.54) is 18.2 Å². The summed E-state index contributed by atoms with van der Waals surface area (Å²) >= 11 is 1.32. The van der Waals surface area contributed by atoms with Crippen molar-refractivity contribution in [2.75, 3.05) is 11.5 Å². The summed E-state index contributed by atoms with van der Waals surface area (Å²) in [6.45, 7) is 0. The van der Waals surface area contributed by atoms with Crippen LogP contribution < -0.4 is 16.4 Å². The zero-order valence-corrected chi connectivity index (χ0v) is 12.6. The number of pyridine rings is 1. The topological polar surface area (TPSA) is 97.1 Å². The fourth-order valence-corrected chi connectivity index (χ4v) is 2.92. The number of urea groups is 1. The van der Waals surface area contributed by atoms with Gasteiger partial charge in [0.05, 0.1) is 5.75 Å². The monoisotopic (exact) mass is 308 g/mol. The molecule has 1 heterocycles. The first-order chi connectivity index (χ1) is 10.1. The van der Waals surface area contributed by atoms with E-state index in [9.17, 15) is 9.59 Å².